The molecule has 1 aromatic rings. The van der Waals surface area contributed by atoms with E-state index >= 15 is 0 Å². The van der Waals surface area contributed by atoms with E-state index < -0.39 is 18.3 Å². The summed E-state index contributed by atoms with van der Waals surface area (Å²) in [5.41, 5.74) is 3.73. The molecule has 0 saturated carbocycles. The van der Waals surface area contributed by atoms with E-state index in [0.717, 1.165) is 117 Å². The van der Waals surface area contributed by atoms with E-state index in [1.54, 1.807) is 0 Å². The van der Waals surface area contributed by atoms with Gasteiger partial charge in [0.25, 0.3) is 0 Å². The Hall–Kier alpha value is -3.21. The number of amides is 3. The number of hydrogen-bond donors (Lipinski definition) is 12. The van der Waals surface area contributed by atoms with Gasteiger partial charge in [0, 0.05) is 39.3 Å². The van der Waals surface area contributed by atoms with Crippen LogP contribution in [0, 0.1) is 0 Å². The van der Waals surface area contributed by atoms with E-state index in [9.17, 15) is 14.4 Å². The molecule has 1 aromatic carbocycles. The molecule has 0 unspecified atom stereocenters. The van der Waals surface area contributed by atoms with E-state index in [2.05, 4.69) is 66.1 Å². The lowest BCUT2D eigenvalue weighted by atomic mass is 10.0. The van der Waals surface area contributed by atoms with Gasteiger partial charge in [0.05, 0.1) is 0 Å². The molecule has 3 amide bonds. The summed E-state index contributed by atoms with van der Waals surface area (Å²) in [6.07, 6.45) is 2.29. The van der Waals surface area contributed by atoms with Crippen LogP contribution in [-0.4, -0.2) is 112 Å². The highest BCUT2D eigenvalue weighted by molar-refractivity contribution is 5.64. The molecule has 15 nitrogen and oxygen atoms in total. The van der Waals surface area contributed by atoms with Crippen LogP contribution in [0.4, 0.5) is 14.4 Å². The lowest BCUT2D eigenvalue weighted by Crippen LogP contribution is -2.27. The van der Waals surface area contributed by atoms with Crippen molar-refractivity contribution in [3.8, 4) is 0 Å². The van der Waals surface area contributed by atoms with Crippen molar-refractivity contribution in [2.24, 2.45) is 0 Å². The van der Waals surface area contributed by atoms with Gasteiger partial charge in [0.1, 0.15) is 0 Å². The molecule has 0 atom stereocenters. The Morgan fingerprint density at radius 2 is 0.600 bits per heavy atom. The summed E-state index contributed by atoms with van der Waals surface area (Å²) in [4.78, 5) is 31.4. The smallest absolute Gasteiger partial charge is 0.404 e. The summed E-state index contributed by atoms with van der Waals surface area (Å²) in [6.45, 7) is 11.4. The van der Waals surface area contributed by atoms with Crippen molar-refractivity contribution in [1.82, 2.24) is 47.9 Å². The molecule has 45 heavy (non-hydrogen) atoms. The second-order valence-corrected chi connectivity index (χ2v) is 10.8. The predicted octanol–water partition coefficient (Wildman–Crippen LogP) is 0.868. The first-order valence-corrected chi connectivity index (χ1v) is 16.1. The summed E-state index contributed by atoms with van der Waals surface area (Å²) in [5, 5.41) is 53.5. The summed E-state index contributed by atoms with van der Waals surface area (Å²) < 4.78 is 0. The topological polar surface area (TPSA) is 220 Å². The van der Waals surface area contributed by atoms with Crippen molar-refractivity contribution < 1.29 is 29.7 Å². The lowest BCUT2D eigenvalue weighted by Gasteiger charge is -2.13. The number of nitrogens with one attached hydrogen (secondary N) is 9. The predicted molar refractivity (Wildman–Crippen MR) is 176 cm³/mol. The molecule has 0 aliphatic heterocycles. The average molecular weight is 640 g/mol. The Labute approximate surface area is 267 Å². The third-order valence-corrected chi connectivity index (χ3v) is 6.64. The molecule has 15 heteroatoms. The second kappa shape index (κ2) is 28.3. The fraction of sp³-hybridized carbons (Fsp3) is 0.700. The normalized spacial score (nSPS) is 10.9. The molecule has 0 aromatic heterocycles. The Morgan fingerprint density at radius 1 is 0.378 bits per heavy atom. The third-order valence-electron chi connectivity index (χ3n) is 6.64. The number of rotatable bonds is 30. The quantitative estimate of drug-likeness (QED) is 0.0528. The maximum atomic E-state index is 10.5. The number of carboxylic acid groups (broad SMARTS) is 3. The summed E-state index contributed by atoms with van der Waals surface area (Å²) in [7, 11) is 0. The molecule has 0 spiro atoms. The summed E-state index contributed by atoms with van der Waals surface area (Å²) in [6, 6.07) is 6.73. The SMILES string of the molecule is O=C(O)NCCCNCCCNCc1cc(CNCCCNCCCNC(=O)O)cc(CNCCCNCCCNC(=O)O)c1. The number of benzene rings is 1. The van der Waals surface area contributed by atoms with Gasteiger partial charge >= 0.3 is 18.3 Å². The van der Waals surface area contributed by atoms with Crippen molar-refractivity contribution in [2.45, 2.75) is 58.2 Å². The van der Waals surface area contributed by atoms with Crippen molar-refractivity contribution in [3.05, 3.63) is 34.9 Å². The molecule has 12 N–H and O–H groups in total. The van der Waals surface area contributed by atoms with Crippen LogP contribution in [0.25, 0.3) is 0 Å². The van der Waals surface area contributed by atoms with Crippen LogP contribution in [0.3, 0.4) is 0 Å². The van der Waals surface area contributed by atoms with Gasteiger partial charge in [0.2, 0.25) is 0 Å². The van der Waals surface area contributed by atoms with Crippen molar-refractivity contribution in [3.63, 3.8) is 0 Å². The zero-order valence-corrected chi connectivity index (χ0v) is 26.6. The largest absolute Gasteiger partial charge is 0.465 e. The highest BCUT2D eigenvalue weighted by atomic mass is 16.4. The Morgan fingerprint density at radius 3 is 0.844 bits per heavy atom. The fourth-order valence-corrected chi connectivity index (χ4v) is 4.46. The second-order valence-electron chi connectivity index (χ2n) is 10.8. The van der Waals surface area contributed by atoms with Gasteiger partial charge in [-0.25, -0.2) is 14.4 Å². The number of hydrogen-bond acceptors (Lipinski definition) is 9. The first-order chi connectivity index (χ1) is 21.9. The van der Waals surface area contributed by atoms with Gasteiger partial charge in [0.15, 0.2) is 0 Å². The van der Waals surface area contributed by atoms with E-state index in [-0.39, 0.29) is 0 Å². The van der Waals surface area contributed by atoms with Crippen molar-refractivity contribution in [1.29, 1.82) is 0 Å². The Bertz CT molecular complexity index is 799. The minimum atomic E-state index is -0.986. The van der Waals surface area contributed by atoms with E-state index in [0.29, 0.717) is 19.6 Å². The van der Waals surface area contributed by atoms with Crippen LogP contribution in [-0.2, 0) is 19.6 Å². The number of carbonyl (C=O) groups is 3. The molecule has 0 aliphatic rings. The van der Waals surface area contributed by atoms with Gasteiger partial charge in [-0.2, -0.15) is 0 Å². The molecular formula is C30H57N9O6. The highest BCUT2D eigenvalue weighted by Gasteiger charge is 2.03. The van der Waals surface area contributed by atoms with Crippen LogP contribution in [0.15, 0.2) is 18.2 Å². The third kappa shape index (κ3) is 26.9. The maximum Gasteiger partial charge on any atom is 0.404 e. The standard InChI is InChI=1S/C30H57N9O6/c40-28(41)37-16-4-10-31-7-1-13-34-22-25-19-26(23-35-14-2-8-32-11-5-17-38-29(42)43)21-27(20-25)24-36-15-3-9-33-12-6-18-39-30(44)45/h19-21,31-39H,1-18,22-24H2,(H,40,41)(H,42,43)(H,44,45). The van der Waals surface area contributed by atoms with Crippen molar-refractivity contribution in [2.75, 3.05) is 78.5 Å². The molecule has 0 heterocycles. The minimum absolute atomic E-state index is 0.457. The van der Waals surface area contributed by atoms with Crippen molar-refractivity contribution >= 4 is 18.3 Å². The van der Waals surface area contributed by atoms with Crippen LogP contribution < -0.4 is 47.9 Å². The average Bonchev–Trinajstić information content (AvgIpc) is 2.99. The molecule has 0 saturated heterocycles. The highest BCUT2D eigenvalue weighted by Crippen LogP contribution is 2.11. The Balaban J connectivity index is 2.37. The summed E-state index contributed by atoms with van der Waals surface area (Å²) >= 11 is 0. The molecule has 0 radical (unpaired) electrons. The molecule has 258 valence electrons. The maximum absolute atomic E-state index is 10.5. The van der Waals surface area contributed by atoms with Gasteiger partial charge in [-0.1, -0.05) is 18.2 Å². The fourth-order valence-electron chi connectivity index (χ4n) is 4.46. The monoisotopic (exact) mass is 639 g/mol. The Kier molecular flexibility index (Phi) is 25.0. The first-order valence-electron chi connectivity index (χ1n) is 16.1. The molecule has 1 rings (SSSR count). The molecular weight excluding hydrogens is 582 g/mol. The van der Waals surface area contributed by atoms with Crippen LogP contribution in [0.5, 0.6) is 0 Å². The van der Waals surface area contributed by atoms with Gasteiger partial charge in [-0.05, 0) is 114 Å². The van der Waals surface area contributed by atoms with E-state index in [1.165, 1.54) is 16.7 Å². The van der Waals surface area contributed by atoms with Crippen LogP contribution in [0.2, 0.25) is 0 Å². The summed E-state index contributed by atoms with van der Waals surface area (Å²) in [5.74, 6) is 0. The zero-order chi connectivity index (χ0) is 32.8. The lowest BCUT2D eigenvalue weighted by molar-refractivity contribution is 0.193. The van der Waals surface area contributed by atoms with Gasteiger partial charge < -0.3 is 63.2 Å². The van der Waals surface area contributed by atoms with Crippen LogP contribution in [0.1, 0.15) is 55.2 Å². The van der Waals surface area contributed by atoms with E-state index in [1.807, 2.05) is 0 Å². The molecule has 0 fully saturated rings. The van der Waals surface area contributed by atoms with E-state index in [4.69, 9.17) is 15.3 Å². The molecule has 0 bridgehead atoms. The van der Waals surface area contributed by atoms with Crippen LogP contribution >= 0.6 is 0 Å². The van der Waals surface area contributed by atoms with Gasteiger partial charge in [-0.3, -0.25) is 0 Å². The molecule has 0 aliphatic carbocycles. The zero-order valence-electron chi connectivity index (χ0n) is 26.6. The first kappa shape index (κ1) is 39.8. The van der Waals surface area contributed by atoms with Gasteiger partial charge in [-0.15, -0.1) is 0 Å². The minimum Gasteiger partial charge on any atom is -0.465 e.